The zero-order valence-electron chi connectivity index (χ0n) is 22.2. The number of anilines is 1. The average molecular weight is 521 g/mol. The van der Waals surface area contributed by atoms with E-state index >= 15 is 0 Å². The molecule has 0 saturated heterocycles. The number of carbonyl (C=O) groups excluding carboxylic acids is 1. The lowest BCUT2D eigenvalue weighted by molar-refractivity contribution is 0.0577. The van der Waals surface area contributed by atoms with E-state index in [2.05, 4.69) is 4.72 Å². The number of benzene rings is 1. The van der Waals surface area contributed by atoms with Gasteiger partial charge in [-0.3, -0.25) is 4.90 Å². The number of nitrogens with one attached hydrogen (secondary N) is 1. The molecule has 0 fully saturated rings. The minimum Gasteiger partial charge on any atom is -0.598 e. The number of aromatic nitrogens is 1. The second-order valence-corrected chi connectivity index (χ2v) is 13.6. The average Bonchev–Trinajstić information content (AvgIpc) is 3.04. The summed E-state index contributed by atoms with van der Waals surface area (Å²) in [4.78, 5) is 19.6. The van der Waals surface area contributed by atoms with Crippen LogP contribution in [-0.2, 0) is 27.2 Å². The number of halogens is 1. The van der Waals surface area contributed by atoms with Gasteiger partial charge in [0.2, 0.25) is 0 Å². The molecule has 0 aliphatic carbocycles. The molecular weight excluding hydrogens is 483 g/mol. The van der Waals surface area contributed by atoms with Gasteiger partial charge in [0.05, 0.1) is 23.6 Å². The minimum absolute atomic E-state index is 0.100. The first-order chi connectivity index (χ1) is 16.4. The van der Waals surface area contributed by atoms with Gasteiger partial charge in [-0.15, -0.1) is 4.72 Å². The molecule has 0 radical (unpaired) electrons. The molecule has 0 spiro atoms. The Morgan fingerprint density at radius 3 is 2.33 bits per heavy atom. The van der Waals surface area contributed by atoms with E-state index in [0.717, 1.165) is 0 Å². The lowest BCUT2D eigenvalue weighted by Crippen LogP contribution is -2.52. The van der Waals surface area contributed by atoms with Crippen LogP contribution in [0.1, 0.15) is 66.6 Å². The number of hydrogen-bond donors (Lipinski definition) is 3. The SMILES string of the molecule is CC(C)(C)OC(=O)N1C[C@@](C)(N[S+]([O-])C(C)(C)C)c2cc([C@](C)(O)CN)nc(-c3ccc(F)cc3)c21. The van der Waals surface area contributed by atoms with E-state index in [9.17, 15) is 18.8 Å². The van der Waals surface area contributed by atoms with Crippen LogP contribution in [-0.4, -0.2) is 44.2 Å². The number of nitrogens with zero attached hydrogens (tertiary/aromatic N) is 2. The number of aliphatic hydroxyl groups is 1. The summed E-state index contributed by atoms with van der Waals surface area (Å²) in [5, 5.41) is 11.0. The van der Waals surface area contributed by atoms with Crippen LogP contribution < -0.4 is 15.4 Å². The van der Waals surface area contributed by atoms with Crippen molar-refractivity contribution in [1.82, 2.24) is 9.71 Å². The van der Waals surface area contributed by atoms with Crippen LogP contribution in [0.25, 0.3) is 11.3 Å². The van der Waals surface area contributed by atoms with Crippen molar-refractivity contribution >= 4 is 23.1 Å². The zero-order valence-corrected chi connectivity index (χ0v) is 23.0. The highest BCUT2D eigenvalue weighted by Crippen LogP contribution is 2.47. The third-order valence-corrected chi connectivity index (χ3v) is 7.63. The number of amides is 1. The fraction of sp³-hybridized carbons (Fsp3) is 0.538. The maximum Gasteiger partial charge on any atom is 0.414 e. The second-order valence-electron chi connectivity index (χ2n) is 11.6. The molecule has 1 unspecified atom stereocenters. The second kappa shape index (κ2) is 9.57. The van der Waals surface area contributed by atoms with Crippen molar-refractivity contribution in [2.45, 2.75) is 76.9 Å². The minimum atomic E-state index is -1.49. The summed E-state index contributed by atoms with van der Waals surface area (Å²) in [6.45, 7) is 14.3. The molecule has 1 aliphatic heterocycles. The molecule has 2 heterocycles. The summed E-state index contributed by atoms with van der Waals surface area (Å²) in [6.07, 6.45) is -0.598. The molecule has 1 aromatic heterocycles. The molecule has 2 aromatic rings. The largest absolute Gasteiger partial charge is 0.598 e. The molecule has 1 aromatic carbocycles. The Morgan fingerprint density at radius 1 is 1.25 bits per heavy atom. The van der Waals surface area contributed by atoms with Gasteiger partial charge in [0.1, 0.15) is 27.3 Å². The normalized spacial score (nSPS) is 20.6. The molecule has 1 aliphatic rings. The smallest absolute Gasteiger partial charge is 0.414 e. The maximum atomic E-state index is 13.8. The van der Waals surface area contributed by atoms with Crippen molar-refractivity contribution in [3.8, 4) is 11.3 Å². The summed E-state index contributed by atoms with van der Waals surface area (Å²) in [5.74, 6) is -0.420. The monoisotopic (exact) mass is 520 g/mol. The standard InChI is InChI=1S/C26H37FN4O4S/c1-23(2,3)35-22(32)31-15-25(7,30-36(34)24(4,5)6)18-13-19(26(8,33)14-28)29-20(21(18)31)16-9-11-17(27)12-10-16/h9-13,30,33H,14-15,28H2,1-8H3/t25-,26-,36?/m1/s1. The zero-order chi connectivity index (χ0) is 27.3. The number of hydrogen-bond acceptors (Lipinski definition) is 7. The molecule has 10 heteroatoms. The molecule has 8 nitrogen and oxygen atoms in total. The summed E-state index contributed by atoms with van der Waals surface area (Å²) >= 11 is -1.49. The van der Waals surface area contributed by atoms with Crippen molar-refractivity contribution in [3.05, 3.63) is 47.4 Å². The maximum absolute atomic E-state index is 13.8. The van der Waals surface area contributed by atoms with Gasteiger partial charge >= 0.3 is 6.09 Å². The molecule has 4 N–H and O–H groups in total. The Bertz CT molecular complexity index is 1130. The van der Waals surface area contributed by atoms with Gasteiger partial charge in [-0.05, 0) is 85.7 Å². The molecular formula is C26H37FN4O4S. The third-order valence-electron chi connectivity index (χ3n) is 5.89. The van der Waals surface area contributed by atoms with Crippen LogP contribution in [0, 0.1) is 5.82 Å². The lowest BCUT2D eigenvalue weighted by Gasteiger charge is -2.33. The van der Waals surface area contributed by atoms with Gasteiger partial charge < -0.3 is 20.1 Å². The van der Waals surface area contributed by atoms with Crippen LogP contribution in [0.3, 0.4) is 0 Å². The highest BCUT2D eigenvalue weighted by atomic mass is 32.2. The van der Waals surface area contributed by atoms with E-state index in [-0.39, 0.29) is 18.8 Å². The van der Waals surface area contributed by atoms with Crippen molar-refractivity contribution in [2.75, 3.05) is 18.0 Å². The summed E-state index contributed by atoms with van der Waals surface area (Å²) < 4.78 is 35.3. The van der Waals surface area contributed by atoms with E-state index in [4.69, 9.17) is 15.5 Å². The van der Waals surface area contributed by atoms with Crippen LogP contribution in [0.5, 0.6) is 0 Å². The highest BCUT2D eigenvalue weighted by Gasteiger charge is 2.49. The van der Waals surface area contributed by atoms with E-state index in [0.29, 0.717) is 22.5 Å². The fourth-order valence-corrected chi connectivity index (χ4v) is 4.71. The highest BCUT2D eigenvalue weighted by molar-refractivity contribution is 7.90. The summed E-state index contributed by atoms with van der Waals surface area (Å²) in [7, 11) is 0. The number of carbonyl (C=O) groups is 1. The van der Waals surface area contributed by atoms with Crippen LogP contribution in [0.4, 0.5) is 14.9 Å². The fourth-order valence-electron chi connectivity index (χ4n) is 3.82. The number of ether oxygens (including phenoxy) is 1. The van der Waals surface area contributed by atoms with E-state index in [1.807, 2.05) is 27.7 Å². The summed E-state index contributed by atoms with van der Waals surface area (Å²) in [5.41, 5.74) is 4.85. The van der Waals surface area contributed by atoms with Gasteiger partial charge in [-0.25, -0.2) is 14.2 Å². The van der Waals surface area contributed by atoms with E-state index in [1.54, 1.807) is 45.9 Å². The number of fused-ring (bicyclic) bond motifs is 1. The first kappa shape index (κ1) is 28.3. The number of rotatable bonds is 5. The summed E-state index contributed by atoms with van der Waals surface area (Å²) in [6, 6.07) is 7.41. The van der Waals surface area contributed by atoms with E-state index < -0.39 is 44.8 Å². The van der Waals surface area contributed by atoms with Crippen molar-refractivity contribution in [2.24, 2.45) is 5.73 Å². The number of pyridine rings is 1. The number of nitrogens with two attached hydrogens (primary N) is 1. The Morgan fingerprint density at radius 2 is 1.83 bits per heavy atom. The Kier molecular flexibility index (Phi) is 7.53. The van der Waals surface area contributed by atoms with Gasteiger partial charge in [-0.2, -0.15) is 0 Å². The van der Waals surface area contributed by atoms with Gasteiger partial charge in [0, 0.05) is 29.0 Å². The van der Waals surface area contributed by atoms with Crippen molar-refractivity contribution in [3.63, 3.8) is 0 Å². The molecule has 1 amide bonds. The first-order valence-corrected chi connectivity index (χ1v) is 13.0. The molecule has 198 valence electrons. The molecule has 0 bridgehead atoms. The Balaban J connectivity index is 2.32. The van der Waals surface area contributed by atoms with Gasteiger partial charge in [-0.1, -0.05) is 0 Å². The topological polar surface area (TPSA) is 124 Å². The molecule has 3 atom stereocenters. The first-order valence-electron chi connectivity index (χ1n) is 11.8. The third kappa shape index (κ3) is 5.84. The van der Waals surface area contributed by atoms with Crippen LogP contribution in [0.15, 0.2) is 30.3 Å². The van der Waals surface area contributed by atoms with Gasteiger partial charge in [0.25, 0.3) is 0 Å². The van der Waals surface area contributed by atoms with Crippen molar-refractivity contribution in [1.29, 1.82) is 0 Å². The molecule has 36 heavy (non-hydrogen) atoms. The quantitative estimate of drug-likeness (QED) is 0.508. The predicted molar refractivity (Wildman–Crippen MR) is 140 cm³/mol. The Labute approximate surface area is 215 Å². The van der Waals surface area contributed by atoms with Gasteiger partial charge in [0.15, 0.2) is 0 Å². The molecule has 3 rings (SSSR count). The van der Waals surface area contributed by atoms with Crippen LogP contribution >= 0.6 is 0 Å². The van der Waals surface area contributed by atoms with E-state index in [1.165, 1.54) is 17.0 Å². The Hall–Kier alpha value is -2.24. The lowest BCUT2D eigenvalue weighted by atomic mass is 9.90. The molecule has 0 saturated carbocycles. The van der Waals surface area contributed by atoms with Crippen LogP contribution in [0.2, 0.25) is 0 Å². The predicted octanol–water partition coefficient (Wildman–Crippen LogP) is 4.08. The van der Waals surface area contributed by atoms with Crippen molar-refractivity contribution < 1.29 is 23.6 Å².